The van der Waals surface area contributed by atoms with Gasteiger partial charge in [-0.2, -0.15) is 18.3 Å². The van der Waals surface area contributed by atoms with Crippen molar-refractivity contribution in [2.45, 2.75) is 22.7 Å². The van der Waals surface area contributed by atoms with Crippen LogP contribution in [0.2, 0.25) is 15.1 Å². The van der Waals surface area contributed by atoms with Gasteiger partial charge in [0, 0.05) is 32.6 Å². The molecule has 0 radical (unpaired) electrons. The molecule has 2 aromatic carbocycles. The lowest BCUT2D eigenvalue weighted by molar-refractivity contribution is -0.141. The van der Waals surface area contributed by atoms with Crippen LogP contribution < -0.4 is 0 Å². The number of nitrogens with zero attached hydrogens (tertiary/aromatic N) is 3. The monoisotopic (exact) mass is 493 g/mol. The molecule has 1 aromatic heterocycles. The van der Waals surface area contributed by atoms with E-state index in [1.54, 1.807) is 42.5 Å². The van der Waals surface area contributed by atoms with Gasteiger partial charge in [-0.25, -0.2) is 0 Å². The molecule has 30 heavy (non-hydrogen) atoms. The molecule has 0 aliphatic rings. The van der Waals surface area contributed by atoms with Gasteiger partial charge in [0.25, 0.3) is 0 Å². The van der Waals surface area contributed by atoms with Crippen LogP contribution in [0.15, 0.2) is 57.5 Å². The van der Waals surface area contributed by atoms with E-state index in [1.165, 1.54) is 7.05 Å². The molecule has 0 saturated carbocycles. The Morgan fingerprint density at radius 1 is 1.10 bits per heavy atom. The normalized spacial score (nSPS) is 12.0. The van der Waals surface area contributed by atoms with Crippen LogP contribution in [0.4, 0.5) is 13.2 Å². The maximum atomic E-state index is 13.5. The number of rotatable bonds is 6. The first kappa shape index (κ1) is 22.8. The summed E-state index contributed by atoms with van der Waals surface area (Å²) < 4.78 is 41.6. The predicted molar refractivity (Wildman–Crippen MR) is 113 cm³/mol. The Bertz CT molecular complexity index is 1050. The highest BCUT2D eigenvalue weighted by molar-refractivity contribution is 7.99. The standard InChI is InChI=1S/C19H13Cl3F3N3OS/c1-28-18(30-12-7-5-11(20)6-8-12)13(17(27-28)19(23,24)25)9-26-29-10-14-15(21)3-2-4-16(14)22/h2-9H,10H2,1H3. The molecule has 11 heteroatoms. The van der Waals surface area contributed by atoms with Crippen molar-refractivity contribution >= 4 is 52.8 Å². The quantitative estimate of drug-likeness (QED) is 0.271. The van der Waals surface area contributed by atoms with Gasteiger partial charge in [-0.3, -0.25) is 4.68 Å². The fraction of sp³-hybridized carbons (Fsp3) is 0.158. The van der Waals surface area contributed by atoms with Crippen LogP contribution in [0.25, 0.3) is 0 Å². The third kappa shape index (κ3) is 5.43. The fourth-order valence-electron chi connectivity index (χ4n) is 2.45. The van der Waals surface area contributed by atoms with Crippen molar-refractivity contribution in [3.05, 3.63) is 74.4 Å². The molecule has 3 rings (SSSR count). The summed E-state index contributed by atoms with van der Waals surface area (Å²) >= 11 is 19.1. The molecule has 4 nitrogen and oxygen atoms in total. The maximum absolute atomic E-state index is 13.5. The van der Waals surface area contributed by atoms with Gasteiger partial charge in [0.15, 0.2) is 5.69 Å². The van der Waals surface area contributed by atoms with E-state index < -0.39 is 11.9 Å². The molecule has 0 fully saturated rings. The second-order valence-corrected chi connectivity index (χ2v) is 8.27. The summed E-state index contributed by atoms with van der Waals surface area (Å²) in [6.07, 6.45) is -3.68. The summed E-state index contributed by atoms with van der Waals surface area (Å²) in [5.41, 5.74) is -0.796. The predicted octanol–water partition coefficient (Wildman–Crippen LogP) is 7.10. The largest absolute Gasteiger partial charge is 0.435 e. The van der Waals surface area contributed by atoms with E-state index >= 15 is 0 Å². The first-order valence-corrected chi connectivity index (χ1v) is 10.3. The highest BCUT2D eigenvalue weighted by Crippen LogP contribution is 2.37. The van der Waals surface area contributed by atoms with E-state index in [-0.39, 0.29) is 17.2 Å². The zero-order chi connectivity index (χ0) is 21.9. The molecular weight excluding hydrogens is 482 g/mol. The van der Waals surface area contributed by atoms with Crippen molar-refractivity contribution in [1.82, 2.24) is 9.78 Å². The van der Waals surface area contributed by atoms with Crippen LogP contribution in [0.5, 0.6) is 0 Å². The molecule has 0 spiro atoms. The zero-order valence-corrected chi connectivity index (χ0v) is 18.3. The molecule has 0 bridgehead atoms. The molecule has 0 unspecified atom stereocenters. The Morgan fingerprint density at radius 3 is 2.33 bits per heavy atom. The van der Waals surface area contributed by atoms with Gasteiger partial charge in [0.1, 0.15) is 11.6 Å². The molecule has 0 saturated heterocycles. The van der Waals surface area contributed by atoms with E-state index in [2.05, 4.69) is 10.3 Å². The summed E-state index contributed by atoms with van der Waals surface area (Å²) in [7, 11) is 1.43. The first-order valence-electron chi connectivity index (χ1n) is 8.32. The average molecular weight is 495 g/mol. The van der Waals surface area contributed by atoms with Crippen LogP contribution >= 0.6 is 46.6 Å². The van der Waals surface area contributed by atoms with Gasteiger partial charge < -0.3 is 4.84 Å². The van der Waals surface area contributed by atoms with Crippen LogP contribution in [0.3, 0.4) is 0 Å². The third-order valence-electron chi connectivity index (χ3n) is 3.85. The van der Waals surface area contributed by atoms with Crippen LogP contribution in [0.1, 0.15) is 16.8 Å². The lowest BCUT2D eigenvalue weighted by Crippen LogP contribution is -2.09. The SMILES string of the molecule is Cn1nc(C(F)(F)F)c(C=NOCc2c(Cl)cccc2Cl)c1Sc1ccc(Cl)cc1. The van der Waals surface area contributed by atoms with Crippen LogP contribution in [-0.4, -0.2) is 16.0 Å². The number of hydrogen-bond acceptors (Lipinski definition) is 4. The fourth-order valence-corrected chi connectivity index (χ4v) is 4.01. The smallest absolute Gasteiger partial charge is 0.391 e. The second-order valence-electron chi connectivity index (χ2n) is 5.95. The second kappa shape index (κ2) is 9.51. The minimum atomic E-state index is -4.66. The lowest BCUT2D eigenvalue weighted by atomic mass is 10.2. The molecule has 1 heterocycles. The first-order chi connectivity index (χ1) is 14.2. The Kier molecular flexibility index (Phi) is 7.23. The van der Waals surface area contributed by atoms with Gasteiger partial charge >= 0.3 is 6.18 Å². The highest BCUT2D eigenvalue weighted by Gasteiger charge is 2.38. The highest BCUT2D eigenvalue weighted by atomic mass is 35.5. The summed E-state index contributed by atoms with van der Waals surface area (Å²) in [4.78, 5) is 5.84. The molecular formula is C19H13Cl3F3N3OS. The van der Waals surface area contributed by atoms with Crippen molar-refractivity contribution in [3.8, 4) is 0 Å². The van der Waals surface area contributed by atoms with E-state index in [0.717, 1.165) is 22.7 Å². The van der Waals surface area contributed by atoms with Gasteiger partial charge in [-0.15, -0.1) is 0 Å². The van der Waals surface area contributed by atoms with Gasteiger partial charge in [0.2, 0.25) is 0 Å². The molecule has 0 amide bonds. The molecule has 0 atom stereocenters. The van der Waals surface area contributed by atoms with Crippen molar-refractivity contribution < 1.29 is 18.0 Å². The van der Waals surface area contributed by atoms with Gasteiger partial charge in [0.05, 0.1) is 11.8 Å². The van der Waals surface area contributed by atoms with E-state index in [1.807, 2.05) is 0 Å². The summed E-state index contributed by atoms with van der Waals surface area (Å²) in [5, 5.41) is 8.81. The molecule has 0 aliphatic heterocycles. The molecule has 0 aliphatic carbocycles. The minimum absolute atomic E-state index is 0.101. The van der Waals surface area contributed by atoms with Gasteiger partial charge in [-0.05, 0) is 36.4 Å². The number of halogens is 6. The van der Waals surface area contributed by atoms with E-state index in [9.17, 15) is 13.2 Å². The number of aromatic nitrogens is 2. The summed E-state index contributed by atoms with van der Waals surface area (Å²) in [6, 6.07) is 11.6. The Labute approximate surface area is 189 Å². The van der Waals surface area contributed by atoms with Crippen LogP contribution in [-0.2, 0) is 24.7 Å². The topological polar surface area (TPSA) is 39.4 Å². The molecule has 158 valence electrons. The van der Waals surface area contributed by atoms with Crippen molar-refractivity contribution in [2.75, 3.05) is 0 Å². The molecule has 0 N–H and O–H groups in total. The van der Waals surface area contributed by atoms with Crippen molar-refractivity contribution in [2.24, 2.45) is 12.2 Å². The Morgan fingerprint density at radius 2 is 1.73 bits per heavy atom. The summed E-state index contributed by atoms with van der Waals surface area (Å²) in [6.45, 7) is -0.101. The number of alkyl halides is 3. The number of oxime groups is 1. The van der Waals surface area contributed by atoms with Crippen LogP contribution in [0, 0.1) is 0 Å². The third-order valence-corrected chi connectivity index (χ3v) is 6.00. The summed E-state index contributed by atoms with van der Waals surface area (Å²) in [5.74, 6) is 0. The lowest BCUT2D eigenvalue weighted by Gasteiger charge is -2.07. The van der Waals surface area contributed by atoms with Gasteiger partial charge in [-0.1, -0.05) is 57.8 Å². The van der Waals surface area contributed by atoms with Crippen molar-refractivity contribution in [1.29, 1.82) is 0 Å². The van der Waals surface area contributed by atoms with Crippen molar-refractivity contribution in [3.63, 3.8) is 0 Å². The van der Waals surface area contributed by atoms with E-state index in [0.29, 0.717) is 25.5 Å². The number of benzene rings is 2. The zero-order valence-electron chi connectivity index (χ0n) is 15.3. The number of aryl methyl sites for hydroxylation is 1. The number of hydrogen-bond donors (Lipinski definition) is 0. The molecule has 3 aromatic rings. The average Bonchev–Trinajstić information content (AvgIpc) is 2.98. The maximum Gasteiger partial charge on any atom is 0.435 e. The Balaban J connectivity index is 1.87. The minimum Gasteiger partial charge on any atom is -0.391 e. The van der Waals surface area contributed by atoms with E-state index in [4.69, 9.17) is 39.6 Å². The Hall–Kier alpha value is -1.87.